The maximum atomic E-state index is 14.7. The number of halogens is 1. The Morgan fingerprint density at radius 3 is 2.13 bits per heavy atom. The van der Waals surface area contributed by atoms with Gasteiger partial charge in [0.15, 0.2) is 0 Å². The van der Waals surface area contributed by atoms with Crippen molar-refractivity contribution in [3.63, 3.8) is 0 Å². The standard InChI is InChI=1S/C36H40BrN3O6S/c1-4-5-22-38-36(42)33(23-27-12-8-6-9-13-27)39(25-28-16-18-29(37)19-17-28)35(41)26-40(47(43,44)31-14-10-7-11-15-31)32-24-30(45-2)20-21-34(32)46-3/h6-21,24,33H,4-5,22-23,25-26H2,1-3H3,(H,38,42). The molecule has 0 saturated heterocycles. The van der Waals surface area contributed by atoms with Crippen molar-refractivity contribution in [2.75, 3.05) is 31.6 Å². The van der Waals surface area contributed by atoms with Gasteiger partial charge in [0.25, 0.3) is 10.0 Å². The Balaban J connectivity index is 1.84. The fourth-order valence-corrected chi connectivity index (χ4v) is 6.77. The lowest BCUT2D eigenvalue weighted by molar-refractivity contribution is -0.140. The summed E-state index contributed by atoms with van der Waals surface area (Å²) in [5.41, 5.74) is 1.76. The molecule has 0 aromatic heterocycles. The van der Waals surface area contributed by atoms with Crippen molar-refractivity contribution < 1.29 is 27.5 Å². The Bertz CT molecular complexity index is 1720. The van der Waals surface area contributed by atoms with Crippen LogP contribution in [0, 0.1) is 0 Å². The first-order valence-corrected chi connectivity index (χ1v) is 17.6. The molecule has 0 radical (unpaired) electrons. The maximum absolute atomic E-state index is 14.7. The van der Waals surface area contributed by atoms with Crippen molar-refractivity contribution in [3.8, 4) is 11.5 Å². The van der Waals surface area contributed by atoms with E-state index in [1.54, 1.807) is 30.3 Å². The average molecular weight is 723 g/mol. The van der Waals surface area contributed by atoms with Gasteiger partial charge in [0.2, 0.25) is 11.8 Å². The second kappa shape index (κ2) is 17.0. The van der Waals surface area contributed by atoms with Crippen molar-refractivity contribution in [2.45, 2.75) is 43.7 Å². The summed E-state index contributed by atoms with van der Waals surface area (Å²) in [6.07, 6.45) is 1.90. The van der Waals surface area contributed by atoms with Gasteiger partial charge in [-0.25, -0.2) is 8.42 Å². The molecule has 4 rings (SSSR count). The Hall–Kier alpha value is -4.35. The van der Waals surface area contributed by atoms with E-state index in [0.29, 0.717) is 12.3 Å². The third-order valence-corrected chi connectivity index (χ3v) is 9.93. The summed E-state index contributed by atoms with van der Waals surface area (Å²) in [6.45, 7) is 1.95. The first-order valence-electron chi connectivity index (χ1n) is 15.3. The molecule has 47 heavy (non-hydrogen) atoms. The summed E-state index contributed by atoms with van der Waals surface area (Å²) in [5.74, 6) is -0.269. The lowest BCUT2D eigenvalue weighted by atomic mass is 10.0. The van der Waals surface area contributed by atoms with Crippen LogP contribution in [0.25, 0.3) is 0 Å². The van der Waals surface area contributed by atoms with Gasteiger partial charge >= 0.3 is 0 Å². The number of nitrogens with one attached hydrogen (secondary N) is 1. The number of benzene rings is 4. The van der Waals surface area contributed by atoms with Crippen LogP contribution in [0.4, 0.5) is 5.69 Å². The molecule has 9 nitrogen and oxygen atoms in total. The number of sulfonamides is 1. The summed E-state index contributed by atoms with van der Waals surface area (Å²) in [4.78, 5) is 30.0. The van der Waals surface area contributed by atoms with Crippen LogP contribution in [-0.4, -0.2) is 58.5 Å². The number of ether oxygens (including phenoxy) is 2. The lowest BCUT2D eigenvalue weighted by Gasteiger charge is -2.34. The van der Waals surface area contributed by atoms with Crippen LogP contribution in [0.1, 0.15) is 30.9 Å². The topological polar surface area (TPSA) is 105 Å². The molecule has 1 atom stereocenters. The molecule has 0 bridgehead atoms. The van der Waals surface area contributed by atoms with Crippen molar-refractivity contribution in [1.29, 1.82) is 0 Å². The summed E-state index contributed by atoms with van der Waals surface area (Å²) in [7, 11) is -1.40. The quantitative estimate of drug-likeness (QED) is 0.138. The normalized spacial score (nSPS) is 11.7. The van der Waals surface area contributed by atoms with Crippen LogP contribution in [0.2, 0.25) is 0 Å². The van der Waals surface area contributed by atoms with E-state index < -0.39 is 28.5 Å². The molecule has 0 saturated carbocycles. The molecule has 4 aromatic rings. The van der Waals surface area contributed by atoms with Gasteiger partial charge in [-0.3, -0.25) is 13.9 Å². The number of hydrogen-bond acceptors (Lipinski definition) is 6. The van der Waals surface area contributed by atoms with Crippen LogP contribution in [0.15, 0.2) is 112 Å². The van der Waals surface area contributed by atoms with E-state index >= 15 is 0 Å². The van der Waals surface area contributed by atoms with E-state index in [1.807, 2.05) is 61.5 Å². The zero-order valence-corrected chi connectivity index (χ0v) is 29.2. The number of unbranched alkanes of at least 4 members (excludes halogenated alkanes) is 1. The molecule has 2 amide bonds. The molecule has 248 valence electrons. The van der Waals surface area contributed by atoms with E-state index in [1.165, 1.54) is 37.3 Å². The average Bonchev–Trinajstić information content (AvgIpc) is 3.10. The van der Waals surface area contributed by atoms with Gasteiger partial charge in [0.05, 0.1) is 24.8 Å². The number of hydrogen-bond donors (Lipinski definition) is 1. The van der Waals surface area contributed by atoms with Gasteiger partial charge in [0, 0.05) is 30.0 Å². The molecule has 1 unspecified atom stereocenters. The van der Waals surface area contributed by atoms with Gasteiger partial charge in [-0.05, 0) is 53.9 Å². The maximum Gasteiger partial charge on any atom is 0.264 e. The highest BCUT2D eigenvalue weighted by Gasteiger charge is 2.35. The van der Waals surface area contributed by atoms with Gasteiger partial charge < -0.3 is 19.7 Å². The summed E-state index contributed by atoms with van der Waals surface area (Å²) in [5, 5.41) is 3.00. The fourth-order valence-electron chi connectivity index (χ4n) is 5.07. The summed E-state index contributed by atoms with van der Waals surface area (Å²) < 4.78 is 41.5. The number of anilines is 1. The second-order valence-corrected chi connectivity index (χ2v) is 13.6. The van der Waals surface area contributed by atoms with Crippen LogP contribution in [0.5, 0.6) is 11.5 Å². The number of rotatable bonds is 16. The molecule has 0 aliphatic heterocycles. The Morgan fingerprint density at radius 2 is 1.51 bits per heavy atom. The highest BCUT2D eigenvalue weighted by molar-refractivity contribution is 9.10. The molecule has 0 heterocycles. The smallest absolute Gasteiger partial charge is 0.264 e. The number of amides is 2. The molecule has 1 N–H and O–H groups in total. The predicted molar refractivity (Wildman–Crippen MR) is 187 cm³/mol. The van der Waals surface area contributed by atoms with Crippen molar-refractivity contribution in [2.24, 2.45) is 0 Å². The van der Waals surface area contributed by atoms with Crippen molar-refractivity contribution in [1.82, 2.24) is 10.2 Å². The molecular weight excluding hydrogens is 682 g/mol. The van der Waals surface area contributed by atoms with Crippen molar-refractivity contribution in [3.05, 3.63) is 119 Å². The molecule has 0 fully saturated rings. The van der Waals surface area contributed by atoms with Crippen LogP contribution in [0.3, 0.4) is 0 Å². The van der Waals surface area contributed by atoms with Gasteiger partial charge in [-0.15, -0.1) is 0 Å². The monoisotopic (exact) mass is 721 g/mol. The largest absolute Gasteiger partial charge is 0.497 e. The minimum atomic E-state index is -4.30. The third-order valence-electron chi connectivity index (χ3n) is 7.63. The zero-order valence-electron chi connectivity index (χ0n) is 26.8. The van der Waals surface area contributed by atoms with E-state index in [9.17, 15) is 18.0 Å². The molecule has 11 heteroatoms. The molecule has 0 aliphatic rings. The van der Waals surface area contributed by atoms with Crippen LogP contribution in [-0.2, 0) is 32.6 Å². The minimum Gasteiger partial charge on any atom is -0.497 e. The second-order valence-electron chi connectivity index (χ2n) is 10.9. The van der Waals surface area contributed by atoms with Crippen LogP contribution < -0.4 is 19.1 Å². The van der Waals surface area contributed by atoms with Gasteiger partial charge in [-0.2, -0.15) is 0 Å². The molecule has 0 spiro atoms. The van der Waals surface area contributed by atoms with E-state index in [4.69, 9.17) is 9.47 Å². The van der Waals surface area contributed by atoms with Gasteiger partial charge in [-0.1, -0.05) is 89.9 Å². The number of carbonyl (C=O) groups excluding carboxylic acids is 2. The highest BCUT2D eigenvalue weighted by atomic mass is 79.9. The fraction of sp³-hybridized carbons (Fsp3) is 0.278. The highest BCUT2D eigenvalue weighted by Crippen LogP contribution is 2.36. The predicted octanol–water partition coefficient (Wildman–Crippen LogP) is 6.22. The van der Waals surface area contributed by atoms with Crippen molar-refractivity contribution >= 4 is 43.5 Å². The third kappa shape index (κ3) is 9.36. The Labute approximate surface area is 285 Å². The zero-order chi connectivity index (χ0) is 33.8. The molecule has 4 aromatic carbocycles. The van der Waals surface area contributed by atoms with E-state index in [-0.39, 0.29) is 35.2 Å². The number of methoxy groups -OCH3 is 2. The first-order chi connectivity index (χ1) is 22.7. The first kappa shape index (κ1) is 35.5. The van der Waals surface area contributed by atoms with E-state index in [0.717, 1.165) is 32.7 Å². The molecule has 0 aliphatic carbocycles. The summed E-state index contributed by atoms with van der Waals surface area (Å²) >= 11 is 3.46. The molecular formula is C36H40BrN3O6S. The van der Waals surface area contributed by atoms with Gasteiger partial charge in [0.1, 0.15) is 24.1 Å². The van der Waals surface area contributed by atoms with E-state index in [2.05, 4.69) is 21.2 Å². The Morgan fingerprint density at radius 1 is 0.851 bits per heavy atom. The summed E-state index contributed by atoms with van der Waals surface area (Å²) in [6, 6.07) is 28.6. The number of carbonyl (C=O) groups is 2. The minimum absolute atomic E-state index is 0.00437. The lowest BCUT2D eigenvalue weighted by Crippen LogP contribution is -2.53. The SMILES string of the molecule is CCCCNC(=O)C(Cc1ccccc1)N(Cc1ccc(Br)cc1)C(=O)CN(c1cc(OC)ccc1OC)S(=O)(=O)c1ccccc1. The van der Waals surface area contributed by atoms with Crippen LogP contribution >= 0.6 is 15.9 Å². The number of nitrogens with zero attached hydrogens (tertiary/aromatic N) is 2. The Kier molecular flexibility index (Phi) is 12.8.